The van der Waals surface area contributed by atoms with Crippen molar-refractivity contribution in [2.75, 3.05) is 25.2 Å². The molecule has 0 radical (unpaired) electrons. The zero-order valence-electron chi connectivity index (χ0n) is 13.9. The molecule has 0 spiro atoms. The summed E-state index contributed by atoms with van der Waals surface area (Å²) in [7, 11) is -0.555. The molecule has 0 saturated heterocycles. The van der Waals surface area contributed by atoms with E-state index in [1.165, 1.54) is 50.1 Å². The van der Waals surface area contributed by atoms with Crippen molar-refractivity contribution in [2.24, 2.45) is 0 Å². The van der Waals surface area contributed by atoms with E-state index in [1.54, 1.807) is 24.3 Å². The lowest BCUT2D eigenvalue weighted by Gasteiger charge is -2.12. The first-order valence-electron chi connectivity index (χ1n) is 7.50. The van der Waals surface area contributed by atoms with Crippen LogP contribution in [0.25, 0.3) is 0 Å². The Morgan fingerprint density at radius 1 is 1.08 bits per heavy atom. The lowest BCUT2D eigenvalue weighted by molar-refractivity contribution is -0.115. The summed E-state index contributed by atoms with van der Waals surface area (Å²) in [6.45, 7) is 0. The molecule has 0 aromatic heterocycles. The maximum atomic E-state index is 12.8. The third kappa shape index (κ3) is 5.55. The van der Waals surface area contributed by atoms with Crippen LogP contribution in [0.4, 0.5) is 10.1 Å². The molecular weight excluding hydrogens is 363 g/mol. The maximum absolute atomic E-state index is 12.8. The number of carbonyl (C=O) groups excluding carboxylic acids is 1. The molecule has 0 aliphatic rings. The van der Waals surface area contributed by atoms with Gasteiger partial charge < -0.3 is 5.32 Å². The molecule has 2 aromatic carbocycles. The molecule has 0 saturated carbocycles. The normalized spacial score (nSPS) is 11.5. The molecular formula is C17H19FN2O3S2. The standard InChI is InChI=1S/C17H19FN2O3S2/c1-20(2)25(22,23)16-9-5-14(6-10-16)19-17(21)11-12-24-15-7-3-13(18)4-8-15/h3-10H,11-12H2,1-2H3,(H,19,21). The molecule has 2 rings (SSSR count). The van der Waals surface area contributed by atoms with Crippen LogP contribution in [0.15, 0.2) is 58.3 Å². The van der Waals surface area contributed by atoms with Gasteiger partial charge in [-0.3, -0.25) is 4.79 Å². The number of benzene rings is 2. The second kappa shape index (κ2) is 8.46. The smallest absolute Gasteiger partial charge is 0.242 e. The van der Waals surface area contributed by atoms with E-state index in [9.17, 15) is 17.6 Å². The Hall–Kier alpha value is -1.90. The van der Waals surface area contributed by atoms with Crippen molar-refractivity contribution < 1.29 is 17.6 Å². The van der Waals surface area contributed by atoms with E-state index in [-0.39, 0.29) is 16.6 Å². The number of amides is 1. The van der Waals surface area contributed by atoms with Crippen LogP contribution in [0.1, 0.15) is 6.42 Å². The van der Waals surface area contributed by atoms with E-state index in [1.807, 2.05) is 0 Å². The molecule has 0 bridgehead atoms. The molecule has 5 nitrogen and oxygen atoms in total. The van der Waals surface area contributed by atoms with Gasteiger partial charge in [0.1, 0.15) is 5.82 Å². The Kier molecular flexibility index (Phi) is 6.57. The number of nitrogens with zero attached hydrogens (tertiary/aromatic N) is 1. The fourth-order valence-electron chi connectivity index (χ4n) is 1.94. The minimum atomic E-state index is -3.48. The zero-order valence-corrected chi connectivity index (χ0v) is 15.5. The highest BCUT2D eigenvalue weighted by Crippen LogP contribution is 2.20. The lowest BCUT2D eigenvalue weighted by atomic mass is 10.3. The number of nitrogens with one attached hydrogen (secondary N) is 1. The van der Waals surface area contributed by atoms with Gasteiger partial charge in [0.2, 0.25) is 15.9 Å². The van der Waals surface area contributed by atoms with Gasteiger partial charge in [-0.25, -0.2) is 17.1 Å². The van der Waals surface area contributed by atoms with Crippen LogP contribution in [0.5, 0.6) is 0 Å². The third-order valence-corrected chi connectivity index (χ3v) is 6.17. The van der Waals surface area contributed by atoms with Crippen molar-refractivity contribution in [3.8, 4) is 0 Å². The Labute approximate surface area is 151 Å². The second-order valence-corrected chi connectivity index (χ2v) is 8.73. The zero-order chi connectivity index (χ0) is 18.4. The molecule has 1 amide bonds. The highest BCUT2D eigenvalue weighted by Gasteiger charge is 2.16. The summed E-state index contributed by atoms with van der Waals surface area (Å²) in [5, 5.41) is 2.72. The van der Waals surface area contributed by atoms with E-state index in [0.717, 1.165) is 9.20 Å². The summed E-state index contributed by atoms with van der Waals surface area (Å²) < 4.78 is 37.9. The average molecular weight is 382 g/mol. The van der Waals surface area contributed by atoms with Gasteiger partial charge in [0.05, 0.1) is 4.90 Å². The first kappa shape index (κ1) is 19.4. The minimum absolute atomic E-state index is 0.169. The first-order chi connectivity index (χ1) is 11.8. The SMILES string of the molecule is CN(C)S(=O)(=O)c1ccc(NC(=O)CCSc2ccc(F)cc2)cc1. The monoisotopic (exact) mass is 382 g/mol. The Bertz CT molecular complexity index is 820. The molecule has 0 atom stereocenters. The molecule has 134 valence electrons. The van der Waals surface area contributed by atoms with Gasteiger partial charge in [-0.15, -0.1) is 11.8 Å². The van der Waals surface area contributed by atoms with Crippen molar-refractivity contribution in [2.45, 2.75) is 16.2 Å². The molecule has 2 aromatic rings. The van der Waals surface area contributed by atoms with Crippen LogP contribution in [-0.2, 0) is 14.8 Å². The summed E-state index contributed by atoms with van der Waals surface area (Å²) in [5.74, 6) is 0.101. The number of rotatable bonds is 7. The molecule has 8 heteroatoms. The van der Waals surface area contributed by atoms with Crippen LogP contribution >= 0.6 is 11.8 Å². The molecule has 25 heavy (non-hydrogen) atoms. The number of hydrogen-bond acceptors (Lipinski definition) is 4. The number of halogens is 1. The van der Waals surface area contributed by atoms with Gasteiger partial charge >= 0.3 is 0 Å². The molecule has 0 fully saturated rings. The largest absolute Gasteiger partial charge is 0.326 e. The van der Waals surface area contributed by atoms with Gasteiger partial charge in [0, 0.05) is 36.9 Å². The van der Waals surface area contributed by atoms with E-state index in [0.29, 0.717) is 17.9 Å². The summed E-state index contributed by atoms with van der Waals surface area (Å²) >= 11 is 1.46. The average Bonchev–Trinajstić information content (AvgIpc) is 2.57. The van der Waals surface area contributed by atoms with Gasteiger partial charge in [-0.2, -0.15) is 0 Å². The summed E-state index contributed by atoms with van der Waals surface area (Å²) in [5.41, 5.74) is 0.537. The van der Waals surface area contributed by atoms with Gasteiger partial charge in [0.25, 0.3) is 0 Å². The van der Waals surface area contributed by atoms with Crippen LogP contribution in [0, 0.1) is 5.82 Å². The van der Waals surface area contributed by atoms with Crippen molar-refractivity contribution in [3.63, 3.8) is 0 Å². The highest BCUT2D eigenvalue weighted by atomic mass is 32.2. The summed E-state index contributed by atoms with van der Waals surface area (Å²) in [6.07, 6.45) is 0.291. The van der Waals surface area contributed by atoms with Crippen LogP contribution < -0.4 is 5.32 Å². The van der Waals surface area contributed by atoms with Crippen LogP contribution in [0.2, 0.25) is 0 Å². The van der Waals surface area contributed by atoms with Crippen molar-refractivity contribution in [1.82, 2.24) is 4.31 Å². The van der Waals surface area contributed by atoms with Gasteiger partial charge in [-0.05, 0) is 48.5 Å². The van der Waals surface area contributed by atoms with Gasteiger partial charge in [-0.1, -0.05) is 0 Å². The number of carbonyl (C=O) groups is 1. The fraction of sp³-hybridized carbons (Fsp3) is 0.235. The summed E-state index contributed by atoms with van der Waals surface area (Å²) in [4.78, 5) is 13.0. The van der Waals surface area contributed by atoms with Gasteiger partial charge in [0.15, 0.2) is 0 Å². The van der Waals surface area contributed by atoms with Crippen molar-refractivity contribution in [3.05, 3.63) is 54.3 Å². The van der Waals surface area contributed by atoms with E-state index in [4.69, 9.17) is 0 Å². The van der Waals surface area contributed by atoms with Crippen LogP contribution in [-0.4, -0.2) is 38.5 Å². The number of sulfonamides is 1. The van der Waals surface area contributed by atoms with E-state index < -0.39 is 10.0 Å². The Balaban J connectivity index is 1.85. The Morgan fingerprint density at radius 2 is 1.68 bits per heavy atom. The van der Waals surface area contributed by atoms with Crippen LogP contribution in [0.3, 0.4) is 0 Å². The third-order valence-electron chi connectivity index (χ3n) is 3.33. The van der Waals surface area contributed by atoms with Crippen molar-refractivity contribution in [1.29, 1.82) is 0 Å². The molecule has 0 unspecified atom stereocenters. The fourth-order valence-corrected chi connectivity index (χ4v) is 3.69. The van der Waals surface area contributed by atoms with Crippen molar-refractivity contribution >= 4 is 33.4 Å². The lowest BCUT2D eigenvalue weighted by Crippen LogP contribution is -2.22. The molecule has 0 aliphatic heterocycles. The predicted molar refractivity (Wildman–Crippen MR) is 97.7 cm³/mol. The molecule has 0 heterocycles. The van der Waals surface area contributed by atoms with E-state index in [2.05, 4.69) is 5.32 Å². The minimum Gasteiger partial charge on any atom is -0.326 e. The second-order valence-electron chi connectivity index (χ2n) is 5.41. The predicted octanol–water partition coefficient (Wildman–Crippen LogP) is 3.20. The summed E-state index contributed by atoms with van der Waals surface area (Å²) in [6, 6.07) is 12.1. The number of anilines is 1. The number of hydrogen-bond donors (Lipinski definition) is 1. The quantitative estimate of drug-likeness (QED) is 0.747. The molecule has 0 aliphatic carbocycles. The van der Waals surface area contributed by atoms with E-state index >= 15 is 0 Å². The topological polar surface area (TPSA) is 66.5 Å². The Morgan fingerprint density at radius 3 is 2.24 bits per heavy atom. The number of thioether (sulfide) groups is 1. The first-order valence-corrected chi connectivity index (χ1v) is 9.92. The highest BCUT2D eigenvalue weighted by molar-refractivity contribution is 7.99. The molecule has 1 N–H and O–H groups in total. The maximum Gasteiger partial charge on any atom is 0.242 e.